The maximum absolute atomic E-state index is 9.29. The number of carbonyl (C=O) groups is 1. The van der Waals surface area contributed by atoms with Gasteiger partial charge in [0.05, 0.1) is 18.5 Å². The molecule has 0 fully saturated rings. The van der Waals surface area contributed by atoms with E-state index in [1.807, 2.05) is 0 Å². The van der Waals surface area contributed by atoms with Crippen molar-refractivity contribution >= 4 is 31.2 Å². The highest BCUT2D eigenvalue weighted by molar-refractivity contribution is 7.81. The predicted molar refractivity (Wildman–Crippen MR) is 48.4 cm³/mol. The summed E-state index contributed by atoms with van der Waals surface area (Å²) in [6.45, 7) is -0.191. The average Bonchev–Trinajstić information content (AvgIpc) is 2.04. The summed E-state index contributed by atoms with van der Waals surface area (Å²) in [7, 11) is 0. The molecule has 0 saturated carbocycles. The fourth-order valence-corrected chi connectivity index (χ4v) is 0.173. The van der Waals surface area contributed by atoms with E-state index >= 15 is 0 Å². The van der Waals surface area contributed by atoms with Gasteiger partial charge in [-0.25, -0.2) is 0 Å². The van der Waals surface area contributed by atoms with Crippen LogP contribution in [0.5, 0.6) is 0 Å². The fraction of sp³-hybridized carbons (Fsp3) is 0.800. The molecule has 0 heterocycles. The minimum atomic E-state index is -0.881. The summed E-state index contributed by atoms with van der Waals surface area (Å²) < 4.78 is 0. The van der Waals surface area contributed by atoms with Crippen LogP contribution in [-0.2, 0) is 4.79 Å². The summed E-state index contributed by atoms with van der Waals surface area (Å²) in [5, 5.41) is 24.0. The largest absolute Gasteiger partial charge is 0.481 e. The van der Waals surface area contributed by atoms with Crippen molar-refractivity contribution in [3.8, 4) is 0 Å². The van der Waals surface area contributed by atoms with Gasteiger partial charge in [0, 0.05) is 5.75 Å². The van der Waals surface area contributed by atoms with Gasteiger partial charge < -0.3 is 15.3 Å². The Morgan fingerprint density at radius 2 is 1.82 bits per heavy atom. The van der Waals surface area contributed by atoms with Crippen molar-refractivity contribution in [1.29, 1.82) is 0 Å². The molecule has 11 heavy (non-hydrogen) atoms. The van der Waals surface area contributed by atoms with Crippen LogP contribution < -0.4 is 0 Å². The topological polar surface area (TPSA) is 77.8 Å². The molecule has 0 aliphatic carbocycles. The third kappa shape index (κ3) is 17.8. The van der Waals surface area contributed by atoms with Gasteiger partial charge in [-0.2, -0.15) is 25.3 Å². The normalized spacial score (nSPS) is 11.3. The summed E-state index contributed by atoms with van der Waals surface area (Å²) in [5.74, 6) is -0.635. The molecule has 0 bridgehead atoms. The first-order valence-electron chi connectivity index (χ1n) is 2.80. The highest BCUT2D eigenvalue weighted by Gasteiger charge is 1.92. The van der Waals surface area contributed by atoms with Crippen LogP contribution >= 0.6 is 25.3 Å². The average molecular weight is 200 g/mol. The van der Waals surface area contributed by atoms with Gasteiger partial charge in [-0.1, -0.05) is 0 Å². The van der Waals surface area contributed by atoms with E-state index in [0.29, 0.717) is 5.75 Å². The van der Waals surface area contributed by atoms with Crippen molar-refractivity contribution in [2.24, 2.45) is 0 Å². The Morgan fingerprint density at radius 3 is 1.82 bits per heavy atom. The second kappa shape index (κ2) is 10.1. The molecule has 0 aromatic carbocycles. The van der Waals surface area contributed by atoms with Crippen molar-refractivity contribution < 1.29 is 20.1 Å². The van der Waals surface area contributed by atoms with Crippen LogP contribution in [0.4, 0.5) is 0 Å². The molecule has 0 aromatic heterocycles. The first-order valence-corrected chi connectivity index (χ1v) is 4.07. The molecule has 68 valence electrons. The maximum Gasteiger partial charge on any atom is 0.313 e. The van der Waals surface area contributed by atoms with Crippen LogP contribution in [0.1, 0.15) is 0 Å². The number of aliphatic hydroxyl groups is 2. The molecule has 0 aromatic rings. The molecule has 0 saturated heterocycles. The number of hydrogen-bond acceptors (Lipinski definition) is 5. The molecular formula is C5H12O4S2. The van der Waals surface area contributed by atoms with Gasteiger partial charge in [0.1, 0.15) is 0 Å². The summed E-state index contributed by atoms with van der Waals surface area (Å²) in [4.78, 5) is 9.29. The number of aliphatic carboxylic acids is 1. The van der Waals surface area contributed by atoms with E-state index in [-0.39, 0.29) is 12.4 Å². The molecule has 6 heteroatoms. The molecule has 0 radical (unpaired) electrons. The highest BCUT2D eigenvalue weighted by Crippen LogP contribution is 1.81. The van der Waals surface area contributed by atoms with Crippen LogP contribution in [0.2, 0.25) is 0 Å². The standard InChI is InChI=1S/C3H8O2S.C2H4O2S/c4-1-3(5)2-6;3-2(4)1-5/h3-6H,1-2H2;5H,1H2,(H,3,4). The molecule has 0 amide bonds. The molecule has 4 nitrogen and oxygen atoms in total. The van der Waals surface area contributed by atoms with E-state index in [9.17, 15) is 4.79 Å². The summed E-state index contributed by atoms with van der Waals surface area (Å²) in [6.07, 6.45) is -0.645. The second-order valence-corrected chi connectivity index (χ2v) is 2.25. The lowest BCUT2D eigenvalue weighted by Crippen LogP contribution is -2.12. The summed E-state index contributed by atoms with van der Waals surface area (Å²) in [6, 6.07) is 0. The Morgan fingerprint density at radius 1 is 1.45 bits per heavy atom. The zero-order valence-corrected chi connectivity index (χ0v) is 7.63. The number of hydrogen-bond donors (Lipinski definition) is 5. The van der Waals surface area contributed by atoms with Gasteiger partial charge >= 0.3 is 5.97 Å². The van der Waals surface area contributed by atoms with Crippen molar-refractivity contribution in [2.75, 3.05) is 18.1 Å². The van der Waals surface area contributed by atoms with Gasteiger partial charge in [0.15, 0.2) is 0 Å². The van der Waals surface area contributed by atoms with E-state index in [0.717, 1.165) is 0 Å². The first-order chi connectivity index (χ1) is 5.08. The van der Waals surface area contributed by atoms with E-state index in [2.05, 4.69) is 25.3 Å². The fourth-order valence-electron chi connectivity index (χ4n) is 0.0577. The van der Waals surface area contributed by atoms with E-state index < -0.39 is 12.1 Å². The zero-order valence-electron chi connectivity index (χ0n) is 5.84. The molecule has 1 unspecified atom stereocenters. The molecule has 0 aliphatic heterocycles. The molecule has 0 aliphatic rings. The lowest BCUT2D eigenvalue weighted by atomic mass is 10.4. The lowest BCUT2D eigenvalue weighted by molar-refractivity contribution is -0.133. The molecule has 1 atom stereocenters. The molecule has 0 rings (SSSR count). The quantitative estimate of drug-likeness (QED) is 0.389. The maximum atomic E-state index is 9.29. The zero-order chi connectivity index (χ0) is 9.28. The van der Waals surface area contributed by atoms with Crippen molar-refractivity contribution in [2.45, 2.75) is 6.10 Å². The van der Waals surface area contributed by atoms with E-state index in [1.54, 1.807) is 0 Å². The number of thiol groups is 2. The van der Waals surface area contributed by atoms with Crippen LogP contribution in [0, 0.1) is 0 Å². The Balaban J connectivity index is 0. The SMILES string of the molecule is O=C(O)CS.OCC(O)CS. The minimum Gasteiger partial charge on any atom is -0.481 e. The van der Waals surface area contributed by atoms with Crippen LogP contribution in [0.15, 0.2) is 0 Å². The lowest BCUT2D eigenvalue weighted by Gasteiger charge is -1.96. The van der Waals surface area contributed by atoms with Crippen LogP contribution in [0.3, 0.4) is 0 Å². The van der Waals surface area contributed by atoms with Crippen LogP contribution in [-0.4, -0.2) is 45.5 Å². The Bertz CT molecular complexity index is 94.5. The third-order valence-corrected chi connectivity index (χ3v) is 1.25. The van der Waals surface area contributed by atoms with Gasteiger partial charge in [-0.3, -0.25) is 4.79 Å². The van der Waals surface area contributed by atoms with E-state index in [1.165, 1.54) is 0 Å². The van der Waals surface area contributed by atoms with Crippen molar-refractivity contribution in [3.05, 3.63) is 0 Å². The number of aliphatic hydroxyl groups excluding tert-OH is 2. The van der Waals surface area contributed by atoms with Gasteiger partial charge in [0.25, 0.3) is 0 Å². The third-order valence-electron chi connectivity index (χ3n) is 0.557. The number of carboxylic acids is 1. The summed E-state index contributed by atoms with van der Waals surface area (Å²) in [5.41, 5.74) is 0. The van der Waals surface area contributed by atoms with Crippen molar-refractivity contribution in [1.82, 2.24) is 0 Å². The first kappa shape index (κ1) is 13.7. The molecule has 3 N–H and O–H groups in total. The molecule has 0 spiro atoms. The van der Waals surface area contributed by atoms with Crippen LogP contribution in [0.25, 0.3) is 0 Å². The number of rotatable bonds is 3. The van der Waals surface area contributed by atoms with Gasteiger partial charge in [-0.05, 0) is 0 Å². The monoisotopic (exact) mass is 200 g/mol. The Labute approximate surface area is 76.1 Å². The predicted octanol–water partition coefficient (Wildman–Crippen LogP) is -0.730. The van der Waals surface area contributed by atoms with E-state index in [4.69, 9.17) is 15.3 Å². The second-order valence-electron chi connectivity index (χ2n) is 1.57. The highest BCUT2D eigenvalue weighted by atomic mass is 32.1. The van der Waals surface area contributed by atoms with Gasteiger partial charge in [-0.15, -0.1) is 0 Å². The Kier molecular flexibility index (Phi) is 12.5. The number of carboxylic acid groups (broad SMARTS) is 1. The van der Waals surface area contributed by atoms with Gasteiger partial charge in [0.2, 0.25) is 0 Å². The summed E-state index contributed by atoms with van der Waals surface area (Å²) >= 11 is 7.10. The minimum absolute atomic E-state index is 0.0833. The molecular weight excluding hydrogens is 188 g/mol. The van der Waals surface area contributed by atoms with Crippen molar-refractivity contribution in [3.63, 3.8) is 0 Å². The Hall–Kier alpha value is 0.0900. The smallest absolute Gasteiger partial charge is 0.313 e.